The topological polar surface area (TPSA) is 32.5 Å². The van der Waals surface area contributed by atoms with E-state index in [0.29, 0.717) is 0 Å². The molecule has 0 aromatic heterocycles. The number of anilines is 1. The van der Waals surface area contributed by atoms with Crippen LogP contribution in [0.15, 0.2) is 53.0 Å². The molecule has 128 valence electrons. The van der Waals surface area contributed by atoms with Crippen LogP contribution in [0.2, 0.25) is 0 Å². The summed E-state index contributed by atoms with van der Waals surface area (Å²) in [6.45, 7) is 7.43. The Kier molecular flexibility index (Phi) is 5.93. The zero-order valence-corrected chi connectivity index (χ0v) is 15.9. The number of nitrogens with two attached hydrogens (primary N) is 1. The van der Waals surface area contributed by atoms with Crippen molar-refractivity contribution < 1.29 is 0 Å². The summed E-state index contributed by atoms with van der Waals surface area (Å²) in [5.41, 5.74) is 9.89. The SMILES string of the molecule is CC(N)Cc1ccc(N2CCN(Cc3ccccc3)CC2)c(Br)c1. The van der Waals surface area contributed by atoms with E-state index in [4.69, 9.17) is 5.73 Å². The van der Waals surface area contributed by atoms with E-state index in [1.165, 1.54) is 21.3 Å². The van der Waals surface area contributed by atoms with E-state index < -0.39 is 0 Å². The van der Waals surface area contributed by atoms with Crippen molar-refractivity contribution in [3.8, 4) is 0 Å². The summed E-state index contributed by atoms with van der Waals surface area (Å²) in [6.07, 6.45) is 0.920. The Balaban J connectivity index is 1.58. The predicted molar refractivity (Wildman–Crippen MR) is 105 cm³/mol. The lowest BCUT2D eigenvalue weighted by Gasteiger charge is -2.36. The Labute approximate surface area is 153 Å². The van der Waals surface area contributed by atoms with Gasteiger partial charge in [0.05, 0.1) is 5.69 Å². The molecule has 1 heterocycles. The second-order valence-electron chi connectivity index (χ2n) is 6.72. The lowest BCUT2D eigenvalue weighted by Crippen LogP contribution is -2.46. The maximum Gasteiger partial charge on any atom is 0.0511 e. The Hall–Kier alpha value is -1.36. The van der Waals surface area contributed by atoms with Crippen molar-refractivity contribution >= 4 is 21.6 Å². The first kappa shape index (κ1) is 17.5. The van der Waals surface area contributed by atoms with Gasteiger partial charge in [0.2, 0.25) is 0 Å². The highest BCUT2D eigenvalue weighted by Gasteiger charge is 2.19. The van der Waals surface area contributed by atoms with Gasteiger partial charge in [-0.1, -0.05) is 36.4 Å². The normalized spacial score (nSPS) is 17.0. The maximum atomic E-state index is 5.90. The summed E-state index contributed by atoms with van der Waals surface area (Å²) in [5.74, 6) is 0. The fourth-order valence-electron chi connectivity index (χ4n) is 3.29. The van der Waals surface area contributed by atoms with Crippen molar-refractivity contribution in [3.05, 3.63) is 64.1 Å². The van der Waals surface area contributed by atoms with Crippen LogP contribution in [0.5, 0.6) is 0 Å². The molecule has 1 aliphatic rings. The minimum Gasteiger partial charge on any atom is -0.368 e. The zero-order valence-electron chi connectivity index (χ0n) is 14.3. The molecule has 3 rings (SSSR count). The summed E-state index contributed by atoms with van der Waals surface area (Å²) >= 11 is 3.75. The maximum absolute atomic E-state index is 5.90. The Morgan fingerprint density at radius 3 is 2.33 bits per heavy atom. The number of nitrogens with zero attached hydrogens (tertiary/aromatic N) is 2. The summed E-state index contributed by atoms with van der Waals surface area (Å²) < 4.78 is 1.18. The number of rotatable bonds is 5. The van der Waals surface area contributed by atoms with Crippen LogP contribution < -0.4 is 10.6 Å². The lowest BCUT2D eigenvalue weighted by atomic mass is 10.1. The number of piperazine rings is 1. The number of hydrogen-bond acceptors (Lipinski definition) is 3. The van der Waals surface area contributed by atoms with E-state index in [1.807, 2.05) is 6.92 Å². The third kappa shape index (κ3) is 4.59. The van der Waals surface area contributed by atoms with Gasteiger partial charge in [-0.2, -0.15) is 0 Å². The van der Waals surface area contributed by atoms with E-state index in [0.717, 1.165) is 39.1 Å². The summed E-state index contributed by atoms with van der Waals surface area (Å²) in [5, 5.41) is 0. The fourth-order valence-corrected chi connectivity index (χ4v) is 3.97. The van der Waals surface area contributed by atoms with Crippen LogP contribution in [0, 0.1) is 0 Å². The van der Waals surface area contributed by atoms with Gasteiger partial charge in [-0.15, -0.1) is 0 Å². The van der Waals surface area contributed by atoms with Gasteiger partial charge in [0, 0.05) is 43.2 Å². The molecule has 24 heavy (non-hydrogen) atoms. The standard InChI is InChI=1S/C20H26BrN3/c1-16(22)13-18-7-8-20(19(21)14-18)24-11-9-23(10-12-24)15-17-5-3-2-4-6-17/h2-8,14,16H,9-13,15,22H2,1H3. The van der Waals surface area contributed by atoms with Crippen molar-refractivity contribution in [2.24, 2.45) is 5.73 Å². The van der Waals surface area contributed by atoms with Crippen molar-refractivity contribution in [3.63, 3.8) is 0 Å². The largest absolute Gasteiger partial charge is 0.368 e. The second kappa shape index (κ2) is 8.15. The second-order valence-corrected chi connectivity index (χ2v) is 7.57. The van der Waals surface area contributed by atoms with Crippen LogP contribution in [0.25, 0.3) is 0 Å². The lowest BCUT2D eigenvalue weighted by molar-refractivity contribution is 0.250. The molecule has 3 nitrogen and oxygen atoms in total. The Morgan fingerprint density at radius 2 is 1.71 bits per heavy atom. The summed E-state index contributed by atoms with van der Waals surface area (Å²) in [6, 6.07) is 17.6. The Morgan fingerprint density at radius 1 is 1.00 bits per heavy atom. The van der Waals surface area contributed by atoms with Crippen LogP contribution in [0.3, 0.4) is 0 Å². The highest BCUT2D eigenvalue weighted by molar-refractivity contribution is 9.10. The van der Waals surface area contributed by atoms with Crippen LogP contribution in [-0.2, 0) is 13.0 Å². The molecule has 0 aliphatic carbocycles. The molecule has 1 saturated heterocycles. The molecule has 0 bridgehead atoms. The van der Waals surface area contributed by atoms with Gasteiger partial charge >= 0.3 is 0 Å². The first-order valence-electron chi connectivity index (χ1n) is 8.67. The molecule has 2 aromatic carbocycles. The molecule has 2 N–H and O–H groups in total. The molecular formula is C20H26BrN3. The van der Waals surface area contributed by atoms with E-state index in [-0.39, 0.29) is 6.04 Å². The van der Waals surface area contributed by atoms with Gasteiger partial charge in [-0.3, -0.25) is 4.90 Å². The molecule has 1 fully saturated rings. The zero-order chi connectivity index (χ0) is 16.9. The highest BCUT2D eigenvalue weighted by atomic mass is 79.9. The average molecular weight is 388 g/mol. The van der Waals surface area contributed by atoms with Crippen molar-refractivity contribution in [2.75, 3.05) is 31.1 Å². The molecule has 0 amide bonds. The van der Waals surface area contributed by atoms with Crippen LogP contribution >= 0.6 is 15.9 Å². The van der Waals surface area contributed by atoms with Crippen molar-refractivity contribution in [2.45, 2.75) is 25.9 Å². The molecule has 4 heteroatoms. The quantitative estimate of drug-likeness (QED) is 0.849. The first-order chi connectivity index (χ1) is 11.6. The molecular weight excluding hydrogens is 362 g/mol. The van der Waals surface area contributed by atoms with Gasteiger partial charge in [0.15, 0.2) is 0 Å². The number of benzene rings is 2. The average Bonchev–Trinajstić information content (AvgIpc) is 2.56. The summed E-state index contributed by atoms with van der Waals surface area (Å²) in [4.78, 5) is 5.01. The fraction of sp³-hybridized carbons (Fsp3) is 0.400. The minimum absolute atomic E-state index is 0.198. The van der Waals surface area contributed by atoms with E-state index in [2.05, 4.69) is 74.3 Å². The molecule has 1 unspecified atom stereocenters. The van der Waals surface area contributed by atoms with Gasteiger partial charge in [0.1, 0.15) is 0 Å². The van der Waals surface area contributed by atoms with Crippen molar-refractivity contribution in [1.29, 1.82) is 0 Å². The third-order valence-corrected chi connectivity index (χ3v) is 5.17. The van der Waals surface area contributed by atoms with E-state index in [1.54, 1.807) is 0 Å². The monoisotopic (exact) mass is 387 g/mol. The van der Waals surface area contributed by atoms with Crippen molar-refractivity contribution in [1.82, 2.24) is 4.90 Å². The number of hydrogen-bond donors (Lipinski definition) is 1. The van der Waals surface area contributed by atoms with E-state index >= 15 is 0 Å². The third-order valence-electron chi connectivity index (χ3n) is 4.53. The molecule has 0 radical (unpaired) electrons. The van der Waals surface area contributed by atoms with Crippen LogP contribution in [0.4, 0.5) is 5.69 Å². The van der Waals surface area contributed by atoms with Gasteiger partial charge in [0.25, 0.3) is 0 Å². The van der Waals surface area contributed by atoms with Crippen LogP contribution in [-0.4, -0.2) is 37.1 Å². The number of halogens is 1. The van der Waals surface area contributed by atoms with Crippen LogP contribution in [0.1, 0.15) is 18.1 Å². The molecule has 0 saturated carbocycles. The highest BCUT2D eigenvalue weighted by Crippen LogP contribution is 2.28. The predicted octanol–water partition coefficient (Wildman–Crippen LogP) is 3.66. The smallest absolute Gasteiger partial charge is 0.0511 e. The molecule has 0 spiro atoms. The molecule has 1 atom stereocenters. The van der Waals surface area contributed by atoms with Gasteiger partial charge in [-0.05, 0) is 52.5 Å². The summed E-state index contributed by atoms with van der Waals surface area (Å²) in [7, 11) is 0. The first-order valence-corrected chi connectivity index (χ1v) is 9.46. The molecule has 2 aromatic rings. The Bertz CT molecular complexity index is 649. The minimum atomic E-state index is 0.198. The van der Waals surface area contributed by atoms with Gasteiger partial charge < -0.3 is 10.6 Å². The van der Waals surface area contributed by atoms with E-state index in [9.17, 15) is 0 Å². The molecule has 1 aliphatic heterocycles. The van der Waals surface area contributed by atoms with Gasteiger partial charge in [-0.25, -0.2) is 0 Å².